The number of hydrogen-bond acceptors (Lipinski definition) is 4. The molecule has 15 rings (SSSR count). The topological polar surface area (TPSA) is 14.7 Å². The molecule has 0 atom stereocenters. The Morgan fingerprint density at radius 2 is 0.966 bits per heavy atom. The van der Waals surface area contributed by atoms with Crippen molar-refractivity contribution in [2.75, 3.05) is 14.7 Å². The van der Waals surface area contributed by atoms with Crippen LogP contribution in [0.4, 0.5) is 51.2 Å². The van der Waals surface area contributed by atoms with Gasteiger partial charge in [-0.3, -0.25) is 0 Å². The average molecular weight is 1150 g/mol. The van der Waals surface area contributed by atoms with Gasteiger partial charge in [0.2, 0.25) is 0 Å². The minimum Gasteiger partial charge on any atom is -0.311 e. The first-order chi connectivity index (χ1) is 41.8. The highest BCUT2D eigenvalue weighted by molar-refractivity contribution is 7.26. The predicted molar refractivity (Wildman–Crippen MR) is 378 cm³/mol. The first-order valence-electron chi connectivity index (χ1n) is 30.9. The number of anilines is 9. The number of para-hydroxylation sites is 2. The van der Waals surface area contributed by atoms with Crippen molar-refractivity contribution in [3.8, 4) is 16.8 Å². The number of hydrogen-bond donors (Lipinski definition) is 0. The zero-order chi connectivity index (χ0) is 60.0. The molecule has 0 N–H and O–H groups in total. The fourth-order valence-electron chi connectivity index (χ4n) is 14.3. The van der Waals surface area contributed by atoms with Crippen LogP contribution in [-0.2, 0) is 16.2 Å². The SMILES string of the molecule is Cc1cc2c3c(c1)N(c1c(C)cc(-c4cccc5c4sc4ccccc45)cc1C)c1ccc(C(C)(C)C)cc1B3c1ccc(N(c3ccc(C(C)(C)C)cc3)c3ccc4c5ccccc5n(-c5ccccc5)c4c3)cc1N2c1ccc(C(C)(C)C)cc1. The molecule has 2 aromatic heterocycles. The number of aromatic nitrogens is 1. The second-order valence-corrected chi connectivity index (χ2v) is 28.7. The molecule has 4 nitrogen and oxygen atoms in total. The third kappa shape index (κ3) is 8.92. The van der Waals surface area contributed by atoms with Crippen LogP contribution in [0.2, 0.25) is 0 Å². The Morgan fingerprint density at radius 1 is 0.391 bits per heavy atom. The summed E-state index contributed by atoms with van der Waals surface area (Å²) in [5.41, 5.74) is 28.0. The first kappa shape index (κ1) is 54.6. The molecule has 2 aliphatic heterocycles. The summed E-state index contributed by atoms with van der Waals surface area (Å²) in [6.45, 7) is 27.8. The summed E-state index contributed by atoms with van der Waals surface area (Å²) >= 11 is 1.90. The Labute approximate surface area is 517 Å². The lowest BCUT2D eigenvalue weighted by Gasteiger charge is -2.45. The van der Waals surface area contributed by atoms with E-state index in [1.54, 1.807) is 0 Å². The molecule has 0 spiro atoms. The summed E-state index contributed by atoms with van der Waals surface area (Å²) in [4.78, 5) is 7.71. The molecule has 0 fully saturated rings. The van der Waals surface area contributed by atoms with Gasteiger partial charge in [0.15, 0.2) is 0 Å². The van der Waals surface area contributed by atoms with Crippen molar-refractivity contribution in [3.63, 3.8) is 0 Å². The lowest BCUT2D eigenvalue weighted by molar-refractivity contribution is 0.590. The molecule has 0 amide bonds. The first-order valence-corrected chi connectivity index (χ1v) is 31.7. The summed E-state index contributed by atoms with van der Waals surface area (Å²) < 4.78 is 5.09. The Kier molecular flexibility index (Phi) is 12.5. The number of benzene rings is 11. The van der Waals surface area contributed by atoms with Gasteiger partial charge < -0.3 is 19.3 Å². The van der Waals surface area contributed by atoms with E-state index in [0.29, 0.717) is 0 Å². The number of thiophene rings is 1. The smallest absolute Gasteiger partial charge is 0.252 e. The van der Waals surface area contributed by atoms with Gasteiger partial charge in [0.1, 0.15) is 0 Å². The maximum Gasteiger partial charge on any atom is 0.252 e. The van der Waals surface area contributed by atoms with Gasteiger partial charge in [-0.05, 0) is 201 Å². The molecule has 426 valence electrons. The van der Waals surface area contributed by atoms with Gasteiger partial charge in [-0.25, -0.2) is 0 Å². The van der Waals surface area contributed by atoms with Crippen LogP contribution >= 0.6 is 11.3 Å². The van der Waals surface area contributed by atoms with Gasteiger partial charge in [0.25, 0.3) is 6.71 Å². The quantitative estimate of drug-likeness (QED) is 0.148. The molecular weight excluding hydrogens is 1070 g/mol. The Morgan fingerprint density at radius 3 is 1.67 bits per heavy atom. The van der Waals surface area contributed by atoms with E-state index in [1.807, 2.05) is 11.3 Å². The van der Waals surface area contributed by atoms with E-state index in [4.69, 9.17) is 0 Å². The van der Waals surface area contributed by atoms with Crippen molar-refractivity contribution in [2.45, 2.75) is 99.3 Å². The van der Waals surface area contributed by atoms with Crippen molar-refractivity contribution in [2.24, 2.45) is 0 Å². The van der Waals surface area contributed by atoms with Gasteiger partial charge in [-0.15, -0.1) is 11.3 Å². The molecule has 87 heavy (non-hydrogen) atoms. The molecule has 11 aromatic carbocycles. The van der Waals surface area contributed by atoms with Gasteiger partial charge in [0.05, 0.1) is 16.7 Å². The standard InChI is InChI=1S/C81H73BN4S/c1-50-43-73-76-74(44-50)86(77-51(2)45-53(46-52(77)3)62-25-20-26-66-65-24-17-19-28-75(65)87-78(62)66)70-42-33-56(81(10,11)12)47-68(70)82(76)67-41-39-61(49-72(67)85(73)59-36-31-55(32-37-59)80(7,8)9)83(58-34-29-54(30-35-58)79(4,5)6)60-38-40-64-63-23-16-18-27-69(63)84(71(64)48-60)57-21-14-13-15-22-57/h13-49H,1-12H3. The Balaban J connectivity index is 0.969. The molecule has 0 radical (unpaired) electrons. The Bertz CT molecular complexity index is 4890. The van der Waals surface area contributed by atoms with E-state index in [9.17, 15) is 0 Å². The number of nitrogens with zero attached hydrogens (tertiary/aromatic N) is 4. The fourth-order valence-corrected chi connectivity index (χ4v) is 15.5. The highest BCUT2D eigenvalue weighted by atomic mass is 32.1. The van der Waals surface area contributed by atoms with Crippen molar-refractivity contribution in [3.05, 3.63) is 258 Å². The van der Waals surface area contributed by atoms with Crippen LogP contribution in [0.15, 0.2) is 224 Å². The summed E-state index contributed by atoms with van der Waals surface area (Å²) in [7, 11) is 0. The summed E-state index contributed by atoms with van der Waals surface area (Å²) in [6.07, 6.45) is 0. The van der Waals surface area contributed by atoms with E-state index >= 15 is 0 Å². The molecule has 4 heterocycles. The van der Waals surface area contributed by atoms with Crippen LogP contribution in [0, 0.1) is 20.8 Å². The van der Waals surface area contributed by atoms with Gasteiger partial charge in [-0.2, -0.15) is 0 Å². The monoisotopic (exact) mass is 1140 g/mol. The van der Waals surface area contributed by atoms with E-state index in [0.717, 1.165) is 28.4 Å². The van der Waals surface area contributed by atoms with Crippen LogP contribution < -0.4 is 31.1 Å². The normalized spacial score (nSPS) is 13.2. The van der Waals surface area contributed by atoms with E-state index in [2.05, 4.69) is 327 Å². The van der Waals surface area contributed by atoms with Gasteiger partial charge in [-0.1, -0.05) is 184 Å². The van der Waals surface area contributed by atoms with Crippen molar-refractivity contribution >= 4 is 128 Å². The van der Waals surface area contributed by atoms with Gasteiger partial charge in [0, 0.05) is 82.1 Å². The van der Waals surface area contributed by atoms with Crippen LogP contribution in [-0.4, -0.2) is 11.3 Å². The highest BCUT2D eigenvalue weighted by Crippen LogP contribution is 2.50. The predicted octanol–water partition coefficient (Wildman–Crippen LogP) is 21.2. The second kappa shape index (κ2) is 20.0. The third-order valence-electron chi connectivity index (χ3n) is 18.7. The molecule has 6 heteroatoms. The van der Waals surface area contributed by atoms with Gasteiger partial charge >= 0.3 is 0 Å². The zero-order valence-electron chi connectivity index (χ0n) is 52.1. The van der Waals surface area contributed by atoms with Crippen LogP contribution in [0.3, 0.4) is 0 Å². The molecule has 0 unspecified atom stereocenters. The average Bonchev–Trinajstić information content (AvgIpc) is 1.06. The molecule has 2 aliphatic rings. The van der Waals surface area contributed by atoms with E-state index in [-0.39, 0.29) is 23.0 Å². The lowest BCUT2D eigenvalue weighted by Crippen LogP contribution is -2.61. The molecule has 0 saturated heterocycles. The van der Waals surface area contributed by atoms with E-state index < -0.39 is 0 Å². The molecule has 13 aromatic rings. The zero-order valence-corrected chi connectivity index (χ0v) is 53.0. The molecule has 0 saturated carbocycles. The highest BCUT2D eigenvalue weighted by Gasteiger charge is 2.45. The molecule has 0 aliphatic carbocycles. The van der Waals surface area contributed by atoms with Crippen LogP contribution in [0.25, 0.3) is 58.8 Å². The van der Waals surface area contributed by atoms with Crippen molar-refractivity contribution < 1.29 is 0 Å². The summed E-state index contributed by atoms with van der Waals surface area (Å²) in [6, 6.07) is 85.7. The summed E-state index contributed by atoms with van der Waals surface area (Å²) in [5.74, 6) is 0. The minimum atomic E-state index is -0.0874. The number of rotatable bonds is 7. The van der Waals surface area contributed by atoms with Crippen molar-refractivity contribution in [1.29, 1.82) is 0 Å². The maximum atomic E-state index is 2.63. The van der Waals surface area contributed by atoms with Crippen LogP contribution in [0.1, 0.15) is 95.7 Å². The molecule has 0 bridgehead atoms. The summed E-state index contributed by atoms with van der Waals surface area (Å²) in [5, 5.41) is 5.11. The van der Waals surface area contributed by atoms with Crippen molar-refractivity contribution in [1.82, 2.24) is 4.57 Å². The largest absolute Gasteiger partial charge is 0.311 e. The lowest BCUT2D eigenvalue weighted by atomic mass is 9.33. The third-order valence-corrected chi connectivity index (χ3v) is 19.9. The second-order valence-electron chi connectivity index (χ2n) is 27.6. The number of aryl methyl sites for hydroxylation is 3. The van der Waals surface area contributed by atoms with E-state index in [1.165, 1.54) is 131 Å². The maximum absolute atomic E-state index is 2.63. The minimum absolute atomic E-state index is 0.00704. The number of fused-ring (bicyclic) bond motifs is 10. The van der Waals surface area contributed by atoms with Crippen LogP contribution in [0.5, 0.6) is 0 Å². The Hall–Kier alpha value is -9.10. The molecular formula is C81H73BN4S. The fraction of sp³-hybridized carbons (Fsp3) is 0.185.